The van der Waals surface area contributed by atoms with Crippen LogP contribution in [0.5, 0.6) is 5.75 Å². The van der Waals surface area contributed by atoms with Crippen molar-refractivity contribution < 1.29 is 14.3 Å². The van der Waals surface area contributed by atoms with E-state index in [1.165, 1.54) is 0 Å². The van der Waals surface area contributed by atoms with Crippen molar-refractivity contribution in [2.24, 2.45) is 5.92 Å². The molecule has 1 N–H and O–H groups in total. The maximum Gasteiger partial charge on any atom is 0.261 e. The van der Waals surface area contributed by atoms with Gasteiger partial charge in [0.2, 0.25) is 5.91 Å². The predicted octanol–water partition coefficient (Wildman–Crippen LogP) is 6.55. The fraction of sp³-hybridized carbons (Fsp3) is 0.286. The summed E-state index contributed by atoms with van der Waals surface area (Å²) in [4.78, 5) is 28.6. The van der Waals surface area contributed by atoms with Gasteiger partial charge in [-0.25, -0.2) is 0 Å². The first kappa shape index (κ1) is 28.0. The van der Waals surface area contributed by atoms with Gasteiger partial charge in [0, 0.05) is 29.6 Å². The van der Waals surface area contributed by atoms with Gasteiger partial charge in [-0.2, -0.15) is 0 Å². The number of benzene rings is 3. The summed E-state index contributed by atoms with van der Waals surface area (Å²) in [5, 5.41) is 4.16. The zero-order chi connectivity index (χ0) is 26.1. The number of rotatable bonds is 11. The Kier molecular flexibility index (Phi) is 10.7. The van der Waals surface area contributed by atoms with Gasteiger partial charge in [-0.15, -0.1) is 0 Å². The van der Waals surface area contributed by atoms with Crippen molar-refractivity contribution in [1.82, 2.24) is 10.2 Å². The second-order valence-electron chi connectivity index (χ2n) is 8.86. The van der Waals surface area contributed by atoms with Gasteiger partial charge < -0.3 is 15.0 Å². The van der Waals surface area contributed by atoms with Crippen LogP contribution in [0.3, 0.4) is 0 Å². The molecule has 0 radical (unpaired) electrons. The van der Waals surface area contributed by atoms with Crippen LogP contribution in [0, 0.1) is 5.92 Å². The molecule has 0 saturated heterocycles. The lowest BCUT2D eigenvalue weighted by Crippen LogP contribution is -2.52. The molecule has 0 bridgehead atoms. The molecule has 2 amide bonds. The van der Waals surface area contributed by atoms with Crippen molar-refractivity contribution in [3.8, 4) is 5.75 Å². The van der Waals surface area contributed by atoms with E-state index < -0.39 is 6.04 Å². The fourth-order valence-corrected chi connectivity index (χ4v) is 4.50. The van der Waals surface area contributed by atoms with E-state index in [1.54, 1.807) is 35.2 Å². The molecular weight excluding hydrogens is 563 g/mol. The number of halogens is 3. The molecule has 3 aromatic carbocycles. The molecule has 1 atom stereocenters. The Labute approximate surface area is 230 Å². The Bertz CT molecular complexity index is 1160. The Hall–Kier alpha value is -2.54. The second-order valence-corrected chi connectivity index (χ2v) is 10.6. The molecule has 0 spiro atoms. The van der Waals surface area contributed by atoms with Crippen LogP contribution in [0.1, 0.15) is 25.0 Å². The number of nitrogens with one attached hydrogen (secondary N) is 1. The smallest absolute Gasteiger partial charge is 0.261 e. The van der Waals surface area contributed by atoms with E-state index in [0.29, 0.717) is 33.2 Å². The number of nitrogens with zero attached hydrogens (tertiary/aromatic N) is 1. The summed E-state index contributed by atoms with van der Waals surface area (Å²) in [5.74, 6) is 0.246. The van der Waals surface area contributed by atoms with Crippen molar-refractivity contribution in [2.45, 2.75) is 32.9 Å². The Balaban J connectivity index is 1.90. The number of carbonyl (C=O) groups is 2. The van der Waals surface area contributed by atoms with Gasteiger partial charge in [0.05, 0.1) is 4.47 Å². The van der Waals surface area contributed by atoms with Gasteiger partial charge in [0.1, 0.15) is 11.8 Å². The molecule has 3 rings (SSSR count). The highest BCUT2D eigenvalue weighted by Crippen LogP contribution is 2.28. The molecule has 0 aliphatic rings. The third-order valence-corrected chi connectivity index (χ3v) is 6.57. The molecule has 8 heteroatoms. The molecular formula is C28H29BrCl2N2O3. The Morgan fingerprint density at radius 1 is 0.944 bits per heavy atom. The molecule has 36 heavy (non-hydrogen) atoms. The highest BCUT2D eigenvalue weighted by atomic mass is 79.9. The van der Waals surface area contributed by atoms with Crippen LogP contribution < -0.4 is 10.1 Å². The van der Waals surface area contributed by atoms with Gasteiger partial charge >= 0.3 is 0 Å². The van der Waals surface area contributed by atoms with Crippen LogP contribution in [-0.4, -0.2) is 35.9 Å². The quantitative estimate of drug-likeness (QED) is 0.275. The fourth-order valence-electron chi connectivity index (χ4n) is 3.58. The third-order valence-electron chi connectivity index (χ3n) is 5.47. The summed E-state index contributed by atoms with van der Waals surface area (Å²) < 4.78 is 6.46. The largest absolute Gasteiger partial charge is 0.483 e. The molecule has 0 aliphatic carbocycles. The molecule has 1 unspecified atom stereocenters. The standard InChI is InChI=1S/C28H29BrCl2N2O3/c1-19(2)16-32-28(35)25(14-20-6-4-3-5-7-20)33(17-21-8-10-22(30)11-9-21)27(34)18-36-26-13-12-23(31)15-24(26)29/h3-13,15,19,25H,14,16-18H2,1-2H3,(H,32,35). The van der Waals surface area contributed by atoms with Gasteiger partial charge in [0.25, 0.3) is 5.91 Å². The first-order valence-electron chi connectivity index (χ1n) is 11.7. The Morgan fingerprint density at radius 2 is 1.61 bits per heavy atom. The minimum Gasteiger partial charge on any atom is -0.483 e. The van der Waals surface area contributed by atoms with E-state index in [1.807, 2.05) is 56.3 Å². The van der Waals surface area contributed by atoms with E-state index in [-0.39, 0.29) is 30.9 Å². The first-order valence-corrected chi connectivity index (χ1v) is 13.2. The van der Waals surface area contributed by atoms with Crippen molar-refractivity contribution in [2.75, 3.05) is 13.2 Å². The van der Waals surface area contributed by atoms with E-state index in [2.05, 4.69) is 21.2 Å². The summed E-state index contributed by atoms with van der Waals surface area (Å²) in [6.45, 7) is 4.56. The van der Waals surface area contributed by atoms with Crippen LogP contribution in [0.2, 0.25) is 10.0 Å². The summed E-state index contributed by atoms with van der Waals surface area (Å²) >= 11 is 15.5. The van der Waals surface area contributed by atoms with E-state index in [0.717, 1.165) is 11.1 Å². The van der Waals surface area contributed by atoms with Crippen molar-refractivity contribution in [1.29, 1.82) is 0 Å². The Morgan fingerprint density at radius 3 is 2.25 bits per heavy atom. The molecule has 5 nitrogen and oxygen atoms in total. The lowest BCUT2D eigenvalue weighted by Gasteiger charge is -2.31. The minimum atomic E-state index is -0.730. The topological polar surface area (TPSA) is 58.6 Å². The zero-order valence-corrected chi connectivity index (χ0v) is 23.3. The number of hydrogen-bond donors (Lipinski definition) is 1. The van der Waals surface area contributed by atoms with Crippen LogP contribution in [0.15, 0.2) is 77.3 Å². The normalized spacial score (nSPS) is 11.7. The van der Waals surface area contributed by atoms with Gasteiger partial charge in [0.15, 0.2) is 6.61 Å². The molecule has 190 valence electrons. The maximum absolute atomic E-state index is 13.6. The van der Waals surface area contributed by atoms with Crippen LogP contribution in [-0.2, 0) is 22.6 Å². The average Bonchev–Trinajstić information content (AvgIpc) is 2.85. The van der Waals surface area contributed by atoms with Gasteiger partial charge in [-0.05, 0) is 63.3 Å². The number of hydrogen-bond acceptors (Lipinski definition) is 3. The highest BCUT2D eigenvalue weighted by molar-refractivity contribution is 9.10. The van der Waals surface area contributed by atoms with Crippen LogP contribution in [0.4, 0.5) is 0 Å². The lowest BCUT2D eigenvalue weighted by molar-refractivity contribution is -0.142. The SMILES string of the molecule is CC(C)CNC(=O)C(Cc1ccccc1)N(Cc1ccc(Cl)cc1)C(=O)COc1ccc(Cl)cc1Br. The van der Waals surface area contributed by atoms with E-state index in [4.69, 9.17) is 27.9 Å². The van der Waals surface area contributed by atoms with Gasteiger partial charge in [-0.3, -0.25) is 9.59 Å². The van der Waals surface area contributed by atoms with Crippen molar-refractivity contribution >= 4 is 50.9 Å². The summed E-state index contributed by atoms with van der Waals surface area (Å²) in [7, 11) is 0. The maximum atomic E-state index is 13.6. The van der Waals surface area contributed by atoms with Crippen LogP contribution >= 0.6 is 39.1 Å². The molecule has 0 saturated carbocycles. The first-order chi connectivity index (χ1) is 17.2. The summed E-state index contributed by atoms with van der Waals surface area (Å²) in [6, 6.07) is 21.3. The second kappa shape index (κ2) is 13.7. The number of amides is 2. The molecule has 0 aliphatic heterocycles. The molecule has 0 aromatic heterocycles. The third kappa shape index (κ3) is 8.54. The predicted molar refractivity (Wildman–Crippen MR) is 148 cm³/mol. The zero-order valence-electron chi connectivity index (χ0n) is 20.2. The summed E-state index contributed by atoms with van der Waals surface area (Å²) in [5.41, 5.74) is 1.81. The van der Waals surface area contributed by atoms with E-state index >= 15 is 0 Å². The van der Waals surface area contributed by atoms with Crippen molar-refractivity contribution in [3.63, 3.8) is 0 Å². The molecule has 0 heterocycles. The van der Waals surface area contributed by atoms with Gasteiger partial charge in [-0.1, -0.05) is 79.5 Å². The average molecular weight is 592 g/mol. The summed E-state index contributed by atoms with van der Waals surface area (Å²) in [6.07, 6.45) is 0.370. The molecule has 3 aromatic rings. The highest BCUT2D eigenvalue weighted by Gasteiger charge is 2.30. The minimum absolute atomic E-state index is 0.206. The monoisotopic (exact) mass is 590 g/mol. The van der Waals surface area contributed by atoms with E-state index in [9.17, 15) is 9.59 Å². The molecule has 0 fully saturated rings. The van der Waals surface area contributed by atoms with Crippen molar-refractivity contribution in [3.05, 3.63) is 98.4 Å². The number of ether oxygens (including phenoxy) is 1. The number of carbonyl (C=O) groups excluding carboxylic acids is 2. The lowest BCUT2D eigenvalue weighted by atomic mass is 10.0. The van der Waals surface area contributed by atoms with Crippen LogP contribution in [0.25, 0.3) is 0 Å².